The smallest absolute Gasteiger partial charge is 0.345 e. The molecule has 0 saturated carbocycles. The molecule has 0 unspecified atom stereocenters. The Balaban J connectivity index is 1.53. The molecule has 3 N–H and O–H groups in total. The zero-order valence-electron chi connectivity index (χ0n) is 13.4. The maximum absolute atomic E-state index is 12.0. The van der Waals surface area contributed by atoms with E-state index < -0.39 is 5.69 Å². The molecular weight excluding hydrogens is 344 g/mol. The van der Waals surface area contributed by atoms with Gasteiger partial charge in [-0.1, -0.05) is 17.8 Å². The number of benzene rings is 1. The normalized spacial score (nSPS) is 12.8. The van der Waals surface area contributed by atoms with Gasteiger partial charge >= 0.3 is 11.7 Å². The highest BCUT2D eigenvalue weighted by atomic mass is 32.2. The second-order valence-corrected chi connectivity index (χ2v) is 6.41. The molecule has 0 fully saturated rings. The largest absolute Gasteiger partial charge is 0.423 e. The van der Waals surface area contributed by atoms with Gasteiger partial charge < -0.3 is 20.4 Å². The quantitative estimate of drug-likeness (QED) is 0.313. The van der Waals surface area contributed by atoms with Crippen LogP contribution >= 0.6 is 11.8 Å². The lowest BCUT2D eigenvalue weighted by Gasteiger charge is -2.18. The van der Waals surface area contributed by atoms with Crippen molar-refractivity contribution in [3.8, 4) is 5.75 Å². The number of hydrogen-bond donors (Lipinski definition) is 3. The first kappa shape index (κ1) is 17.0. The third kappa shape index (κ3) is 4.38. The zero-order chi connectivity index (χ0) is 17.8. The van der Waals surface area contributed by atoms with Crippen molar-refractivity contribution in [2.75, 3.05) is 17.6 Å². The minimum Gasteiger partial charge on any atom is -0.423 e. The molecule has 8 nitrogen and oxygen atoms in total. The minimum absolute atomic E-state index is 0.128. The molecule has 3 rings (SSSR count). The van der Waals surface area contributed by atoms with E-state index in [2.05, 4.69) is 20.6 Å². The lowest BCUT2D eigenvalue weighted by atomic mass is 10.1. The Morgan fingerprint density at radius 3 is 3.08 bits per heavy atom. The van der Waals surface area contributed by atoms with Crippen LogP contribution in [-0.2, 0) is 16.1 Å². The predicted octanol–water partition coefficient (Wildman–Crippen LogP) is 0.818. The van der Waals surface area contributed by atoms with Crippen molar-refractivity contribution >= 4 is 29.3 Å². The van der Waals surface area contributed by atoms with Gasteiger partial charge in [0.2, 0.25) is 5.91 Å². The molecule has 2 aromatic rings. The number of rotatable bonds is 5. The van der Waals surface area contributed by atoms with Crippen molar-refractivity contribution in [2.45, 2.75) is 18.5 Å². The summed E-state index contributed by atoms with van der Waals surface area (Å²) in [4.78, 5) is 40.6. The van der Waals surface area contributed by atoms with Gasteiger partial charge in [0.25, 0.3) is 0 Å². The summed E-state index contributed by atoms with van der Waals surface area (Å²) < 4.78 is 5.09. The van der Waals surface area contributed by atoms with Crippen molar-refractivity contribution in [3.05, 3.63) is 46.0 Å². The zero-order valence-corrected chi connectivity index (χ0v) is 14.2. The molecule has 0 radical (unpaired) electrons. The number of H-pyrrole nitrogens is 1. The van der Waals surface area contributed by atoms with Crippen LogP contribution in [-0.4, -0.2) is 34.1 Å². The van der Waals surface area contributed by atoms with Crippen LogP contribution in [0.3, 0.4) is 0 Å². The minimum atomic E-state index is -0.434. The van der Waals surface area contributed by atoms with Crippen molar-refractivity contribution in [2.24, 2.45) is 0 Å². The third-order valence-corrected chi connectivity index (χ3v) is 4.60. The number of thioether (sulfide) groups is 1. The van der Waals surface area contributed by atoms with Crippen LogP contribution < -0.4 is 21.1 Å². The lowest BCUT2D eigenvalue weighted by molar-refractivity contribution is -0.132. The Morgan fingerprint density at radius 2 is 2.24 bits per heavy atom. The fraction of sp³-hybridized carbons (Fsp3) is 0.250. The molecule has 0 aliphatic carbocycles. The van der Waals surface area contributed by atoms with Crippen LogP contribution in [0, 0.1) is 6.92 Å². The van der Waals surface area contributed by atoms with E-state index in [1.165, 1.54) is 18.0 Å². The second kappa shape index (κ2) is 7.39. The summed E-state index contributed by atoms with van der Waals surface area (Å²) in [6.07, 6.45) is 1.48. The van der Waals surface area contributed by atoms with Crippen LogP contribution in [0.2, 0.25) is 0 Å². The van der Waals surface area contributed by atoms with E-state index in [-0.39, 0.29) is 24.2 Å². The molecule has 2 heterocycles. The highest BCUT2D eigenvalue weighted by molar-refractivity contribution is 7.99. The number of fused-ring (bicyclic) bond motifs is 1. The highest BCUT2D eigenvalue weighted by Crippen LogP contribution is 2.28. The Kier molecular flexibility index (Phi) is 5.03. The van der Waals surface area contributed by atoms with Crippen molar-refractivity contribution in [3.63, 3.8) is 0 Å². The van der Waals surface area contributed by atoms with Gasteiger partial charge in [-0.05, 0) is 30.2 Å². The number of ether oxygens (including phenoxy) is 1. The maximum atomic E-state index is 12.0. The van der Waals surface area contributed by atoms with E-state index in [9.17, 15) is 14.4 Å². The van der Waals surface area contributed by atoms with Crippen molar-refractivity contribution in [1.29, 1.82) is 0 Å². The van der Waals surface area contributed by atoms with Gasteiger partial charge in [-0.2, -0.15) is 0 Å². The Morgan fingerprint density at radius 1 is 1.40 bits per heavy atom. The third-order valence-electron chi connectivity index (χ3n) is 3.48. The van der Waals surface area contributed by atoms with E-state index in [1.807, 2.05) is 13.0 Å². The summed E-state index contributed by atoms with van der Waals surface area (Å²) in [6, 6.07) is 5.32. The highest BCUT2D eigenvalue weighted by Gasteiger charge is 2.16. The molecule has 0 atom stereocenters. The van der Waals surface area contributed by atoms with Crippen LogP contribution in [0.15, 0.2) is 34.2 Å². The van der Waals surface area contributed by atoms with Gasteiger partial charge in [0, 0.05) is 12.7 Å². The molecular formula is C16H16N4O4S. The number of hydrogen-bond acceptors (Lipinski definition) is 7. The fourth-order valence-electron chi connectivity index (χ4n) is 2.22. The fourth-order valence-corrected chi connectivity index (χ4v) is 3.04. The molecule has 9 heteroatoms. The Bertz CT molecular complexity index is 881. The van der Waals surface area contributed by atoms with E-state index in [0.29, 0.717) is 17.3 Å². The standard InChI is InChI=1S/C16H16N4O4S/c1-9-5-19-16(23)20-15(9)25-8-13(21)18-6-10-2-3-12-11(4-10)17-7-14(22)24-12/h2-5,17H,6-8H2,1H3,(H,18,21)(H,19,20,23). The first-order chi connectivity index (χ1) is 12.0. The monoisotopic (exact) mass is 360 g/mol. The van der Waals surface area contributed by atoms with E-state index in [1.54, 1.807) is 12.1 Å². The van der Waals surface area contributed by atoms with Gasteiger partial charge in [0.15, 0.2) is 5.75 Å². The average molecular weight is 360 g/mol. The predicted molar refractivity (Wildman–Crippen MR) is 92.7 cm³/mol. The molecule has 0 bridgehead atoms. The maximum Gasteiger partial charge on any atom is 0.345 e. The SMILES string of the molecule is Cc1cnc(=O)[nH]c1SCC(=O)NCc1ccc2c(c1)NCC(=O)O2. The number of aryl methyl sites for hydroxylation is 1. The summed E-state index contributed by atoms with van der Waals surface area (Å²) >= 11 is 1.25. The molecule has 1 aromatic heterocycles. The topological polar surface area (TPSA) is 113 Å². The number of aromatic amines is 1. The second-order valence-electron chi connectivity index (χ2n) is 5.42. The van der Waals surface area contributed by atoms with E-state index in [4.69, 9.17) is 4.74 Å². The summed E-state index contributed by atoms with van der Waals surface area (Å²) in [5, 5.41) is 6.42. The molecule has 1 aromatic carbocycles. The van der Waals surface area contributed by atoms with Crippen molar-refractivity contribution in [1.82, 2.24) is 15.3 Å². The number of carbonyl (C=O) groups is 2. The first-order valence-electron chi connectivity index (χ1n) is 7.54. The summed E-state index contributed by atoms with van der Waals surface area (Å²) in [5.41, 5.74) is 1.99. The summed E-state index contributed by atoms with van der Waals surface area (Å²) in [6.45, 7) is 2.30. The van der Waals surface area contributed by atoms with Gasteiger partial charge in [0.1, 0.15) is 6.54 Å². The molecule has 0 spiro atoms. The molecule has 130 valence electrons. The lowest BCUT2D eigenvalue weighted by Crippen LogP contribution is -2.26. The van der Waals surface area contributed by atoms with Gasteiger partial charge in [-0.15, -0.1) is 0 Å². The van der Waals surface area contributed by atoms with Crippen LogP contribution in [0.5, 0.6) is 5.75 Å². The van der Waals surface area contributed by atoms with Crippen LogP contribution in [0.1, 0.15) is 11.1 Å². The summed E-state index contributed by atoms with van der Waals surface area (Å²) in [7, 11) is 0. The summed E-state index contributed by atoms with van der Waals surface area (Å²) in [5.74, 6) is 0.190. The Labute approximate surface area is 147 Å². The molecule has 1 aliphatic rings. The Hall–Kier alpha value is -2.81. The number of carbonyl (C=O) groups excluding carboxylic acids is 2. The van der Waals surface area contributed by atoms with E-state index >= 15 is 0 Å². The number of nitrogens with zero attached hydrogens (tertiary/aromatic N) is 1. The number of anilines is 1. The first-order valence-corrected chi connectivity index (χ1v) is 8.53. The van der Waals surface area contributed by atoms with Crippen molar-refractivity contribution < 1.29 is 14.3 Å². The van der Waals surface area contributed by atoms with Gasteiger partial charge in [-0.3, -0.25) is 4.79 Å². The number of amides is 1. The molecule has 0 saturated heterocycles. The van der Waals surface area contributed by atoms with E-state index in [0.717, 1.165) is 16.8 Å². The van der Waals surface area contributed by atoms with Gasteiger partial charge in [0.05, 0.1) is 16.5 Å². The number of esters is 1. The van der Waals surface area contributed by atoms with Gasteiger partial charge in [-0.25, -0.2) is 14.6 Å². The molecule has 1 aliphatic heterocycles. The number of nitrogens with one attached hydrogen (secondary N) is 3. The molecule has 1 amide bonds. The molecule has 25 heavy (non-hydrogen) atoms. The number of aromatic nitrogens is 2. The van der Waals surface area contributed by atoms with Crippen LogP contribution in [0.25, 0.3) is 0 Å². The average Bonchev–Trinajstić information content (AvgIpc) is 2.60. The van der Waals surface area contributed by atoms with Crippen LogP contribution in [0.4, 0.5) is 5.69 Å².